The number of carbonyl (C=O) groups excluding carboxylic acids is 2. The number of rotatable bonds is 8. The number of anilines is 2. The highest BCUT2D eigenvalue weighted by Crippen LogP contribution is 2.43. The van der Waals surface area contributed by atoms with E-state index in [-0.39, 0.29) is 30.2 Å². The van der Waals surface area contributed by atoms with Crippen LogP contribution in [0.3, 0.4) is 0 Å². The van der Waals surface area contributed by atoms with Crippen molar-refractivity contribution in [2.75, 3.05) is 36.5 Å². The zero-order chi connectivity index (χ0) is 37.4. The van der Waals surface area contributed by atoms with Crippen LogP contribution in [-0.4, -0.2) is 59.8 Å². The van der Waals surface area contributed by atoms with Crippen LogP contribution in [0.1, 0.15) is 59.2 Å². The quantitative estimate of drug-likeness (QED) is 0.110. The molecule has 0 aliphatic carbocycles. The number of piperidine rings is 1. The van der Waals surface area contributed by atoms with Crippen molar-refractivity contribution in [1.29, 1.82) is 0 Å². The topological polar surface area (TPSA) is 103 Å². The zero-order valence-electron chi connectivity index (χ0n) is 28.6. The van der Waals surface area contributed by atoms with E-state index in [0.29, 0.717) is 44.7 Å². The maximum absolute atomic E-state index is 14.2. The number of aliphatic hydroxyl groups excluding tert-OH is 1. The fraction of sp³-hybridized carbons (Fsp3) is 0.333. The Morgan fingerprint density at radius 1 is 0.849 bits per heavy atom. The van der Waals surface area contributed by atoms with Gasteiger partial charge in [-0.2, -0.15) is 0 Å². The molecule has 3 aliphatic heterocycles. The lowest BCUT2D eigenvalue weighted by molar-refractivity contribution is -0.276. The number of benzene rings is 4. The highest BCUT2D eigenvalue weighted by atomic mass is 19.2. The van der Waals surface area contributed by atoms with E-state index in [0.717, 1.165) is 16.8 Å². The van der Waals surface area contributed by atoms with Gasteiger partial charge in [0.05, 0.1) is 25.5 Å². The molecule has 3 saturated heterocycles. The second-order valence-electron chi connectivity index (χ2n) is 13.6. The number of amides is 2. The van der Waals surface area contributed by atoms with Gasteiger partial charge in [-0.3, -0.25) is 9.59 Å². The number of likely N-dealkylation sites (tertiary alicyclic amines) is 1. The van der Waals surface area contributed by atoms with Crippen LogP contribution >= 0.6 is 0 Å². The van der Waals surface area contributed by atoms with Crippen molar-refractivity contribution in [3.8, 4) is 0 Å². The molecule has 4 unspecified atom stereocenters. The van der Waals surface area contributed by atoms with Gasteiger partial charge in [0.15, 0.2) is 29.6 Å². The van der Waals surface area contributed by atoms with Crippen LogP contribution in [-0.2, 0) is 20.9 Å². The van der Waals surface area contributed by atoms with E-state index in [2.05, 4.69) is 20.4 Å². The lowest BCUT2D eigenvalue weighted by Crippen LogP contribution is -2.57. The number of nitrogens with one attached hydrogen (secondary N) is 2. The molecular formula is C39H37F5N4O5. The van der Waals surface area contributed by atoms with Crippen LogP contribution < -0.4 is 15.5 Å². The SMILES string of the molecule is CC1C(CN2CCC3(CC2)C(=O)NCN3c2ccccc2)OC(c2ccc(NC(=O)c3c(F)c(F)c(F)c(F)c3F)cc2)OC1c1ccc(CO)cc1. The second kappa shape index (κ2) is 14.9. The summed E-state index contributed by atoms with van der Waals surface area (Å²) in [6, 6.07) is 23.2. The summed E-state index contributed by atoms with van der Waals surface area (Å²) in [6.45, 7) is 4.23. The van der Waals surface area contributed by atoms with Crippen molar-refractivity contribution in [1.82, 2.24) is 10.2 Å². The molecule has 1 spiro atoms. The van der Waals surface area contributed by atoms with Gasteiger partial charge in [0.25, 0.3) is 5.91 Å². The lowest BCUT2D eigenvalue weighted by Gasteiger charge is -2.46. The molecule has 2 amide bonds. The van der Waals surface area contributed by atoms with Crippen molar-refractivity contribution in [2.24, 2.45) is 5.92 Å². The van der Waals surface area contributed by atoms with E-state index in [1.165, 1.54) is 12.1 Å². The Morgan fingerprint density at radius 3 is 2.08 bits per heavy atom. The maximum atomic E-state index is 14.2. The molecule has 53 heavy (non-hydrogen) atoms. The minimum atomic E-state index is -2.36. The number of aliphatic hydroxyl groups is 1. The molecule has 0 saturated carbocycles. The first-order chi connectivity index (χ1) is 25.5. The molecule has 4 atom stereocenters. The van der Waals surface area contributed by atoms with Gasteiger partial charge >= 0.3 is 0 Å². The third kappa shape index (κ3) is 6.87. The molecule has 0 bridgehead atoms. The van der Waals surface area contributed by atoms with E-state index in [9.17, 15) is 36.6 Å². The van der Waals surface area contributed by atoms with E-state index in [1.807, 2.05) is 61.5 Å². The summed E-state index contributed by atoms with van der Waals surface area (Å²) in [4.78, 5) is 30.3. The largest absolute Gasteiger partial charge is 0.392 e. The average molecular weight is 737 g/mol. The van der Waals surface area contributed by atoms with Gasteiger partial charge in [0.1, 0.15) is 11.1 Å². The van der Waals surface area contributed by atoms with Crippen molar-refractivity contribution in [3.05, 3.63) is 130 Å². The van der Waals surface area contributed by atoms with Gasteiger partial charge in [0, 0.05) is 42.5 Å². The fourth-order valence-electron chi connectivity index (χ4n) is 7.44. The molecule has 278 valence electrons. The molecule has 7 rings (SSSR count). The van der Waals surface area contributed by atoms with Crippen LogP contribution in [0, 0.1) is 35.0 Å². The summed E-state index contributed by atoms with van der Waals surface area (Å²) in [5.41, 5.74) is 0.941. The molecule has 0 aromatic heterocycles. The smallest absolute Gasteiger partial charge is 0.261 e. The van der Waals surface area contributed by atoms with Crippen molar-refractivity contribution >= 4 is 23.2 Å². The Hall–Kier alpha value is -4.89. The summed E-state index contributed by atoms with van der Waals surface area (Å²) < 4.78 is 82.5. The molecule has 0 radical (unpaired) electrons. The van der Waals surface area contributed by atoms with E-state index < -0.39 is 58.5 Å². The minimum Gasteiger partial charge on any atom is -0.392 e. The summed E-state index contributed by atoms with van der Waals surface area (Å²) in [5, 5.41) is 14.8. The molecule has 3 fully saturated rings. The first-order valence-corrected chi connectivity index (χ1v) is 17.3. The summed E-state index contributed by atoms with van der Waals surface area (Å²) >= 11 is 0. The van der Waals surface area contributed by atoms with Gasteiger partial charge in [-0.05, 0) is 48.2 Å². The number of hydrogen-bond donors (Lipinski definition) is 3. The van der Waals surface area contributed by atoms with E-state index in [4.69, 9.17) is 9.47 Å². The molecule has 4 aromatic rings. The third-order valence-corrected chi connectivity index (χ3v) is 10.5. The Balaban J connectivity index is 1.09. The normalized spacial score (nSPS) is 22.9. The Kier molecular flexibility index (Phi) is 10.2. The maximum Gasteiger partial charge on any atom is 0.261 e. The number of para-hydroxylation sites is 1. The van der Waals surface area contributed by atoms with Crippen molar-refractivity contribution in [2.45, 2.75) is 50.4 Å². The van der Waals surface area contributed by atoms with Gasteiger partial charge < -0.3 is 35.0 Å². The number of halogens is 5. The highest BCUT2D eigenvalue weighted by molar-refractivity contribution is 6.04. The van der Waals surface area contributed by atoms with E-state index >= 15 is 0 Å². The van der Waals surface area contributed by atoms with Crippen LogP contribution in [0.2, 0.25) is 0 Å². The van der Waals surface area contributed by atoms with Gasteiger partial charge in [-0.15, -0.1) is 0 Å². The van der Waals surface area contributed by atoms with Gasteiger partial charge in [0.2, 0.25) is 11.7 Å². The lowest BCUT2D eigenvalue weighted by atomic mass is 9.84. The third-order valence-electron chi connectivity index (χ3n) is 10.5. The molecule has 4 aromatic carbocycles. The van der Waals surface area contributed by atoms with Gasteiger partial charge in [-0.25, -0.2) is 22.0 Å². The minimum absolute atomic E-state index is 0.0232. The summed E-state index contributed by atoms with van der Waals surface area (Å²) in [5.74, 6) is -12.9. The van der Waals surface area contributed by atoms with Crippen molar-refractivity contribution in [3.63, 3.8) is 0 Å². The highest BCUT2D eigenvalue weighted by Gasteiger charge is 2.51. The summed E-state index contributed by atoms with van der Waals surface area (Å²) in [6.07, 6.45) is -0.395. The Morgan fingerprint density at radius 2 is 1.45 bits per heavy atom. The van der Waals surface area contributed by atoms with Crippen molar-refractivity contribution < 1.29 is 46.1 Å². The number of nitrogens with zero attached hydrogens (tertiary/aromatic N) is 2. The number of ether oxygens (including phenoxy) is 2. The monoisotopic (exact) mass is 736 g/mol. The first kappa shape index (κ1) is 36.5. The van der Waals surface area contributed by atoms with Crippen LogP contribution in [0.15, 0.2) is 78.9 Å². The fourth-order valence-corrected chi connectivity index (χ4v) is 7.44. The first-order valence-electron chi connectivity index (χ1n) is 17.3. The number of carbonyl (C=O) groups is 2. The average Bonchev–Trinajstić information content (AvgIpc) is 3.49. The Bertz CT molecular complexity index is 1950. The molecule has 14 heteroatoms. The molecular weight excluding hydrogens is 699 g/mol. The standard InChI is InChI=1S/C39H37F5N4O5/c1-22-28(19-47-17-15-39(16-18-47)38(51)45-21-48(39)27-5-3-2-4-6-27)52-37(53-35(22)24-9-7-23(20-49)8-10-24)25-11-13-26(14-12-25)46-36(50)29-30(40)32(42)34(44)33(43)31(29)41/h2-14,22,28,35,37,49H,15-21H2,1H3,(H,45,51)(H,46,50). The predicted octanol–water partition coefficient (Wildman–Crippen LogP) is 6.35. The van der Waals surface area contributed by atoms with Gasteiger partial charge in [-0.1, -0.05) is 61.5 Å². The van der Waals surface area contributed by atoms with Crippen LogP contribution in [0.25, 0.3) is 0 Å². The zero-order valence-corrected chi connectivity index (χ0v) is 28.6. The van der Waals surface area contributed by atoms with Crippen LogP contribution in [0.4, 0.5) is 33.3 Å². The second-order valence-corrected chi connectivity index (χ2v) is 13.6. The summed E-state index contributed by atoms with van der Waals surface area (Å²) in [7, 11) is 0. The molecule has 3 aliphatic rings. The van der Waals surface area contributed by atoms with Crippen LogP contribution in [0.5, 0.6) is 0 Å². The number of hydrogen-bond acceptors (Lipinski definition) is 7. The Labute approximate surface area is 302 Å². The van der Waals surface area contributed by atoms with E-state index in [1.54, 1.807) is 12.1 Å². The molecule has 3 N–H and O–H groups in total. The predicted molar refractivity (Wildman–Crippen MR) is 184 cm³/mol. The molecule has 9 nitrogen and oxygen atoms in total. The molecule has 3 heterocycles.